The number of fused-ring (bicyclic) bond motifs is 9. The van der Waals surface area contributed by atoms with Crippen molar-refractivity contribution >= 4 is 78.1 Å². The van der Waals surface area contributed by atoms with Gasteiger partial charge in [-0.15, -0.1) is 11.3 Å². The molecule has 0 fully saturated rings. The molecule has 0 radical (unpaired) electrons. The number of halogens is 2. The molecule has 0 saturated heterocycles. The van der Waals surface area contributed by atoms with Gasteiger partial charge in [0.25, 0.3) is 0 Å². The molecule has 5 unspecified atom stereocenters. The summed E-state index contributed by atoms with van der Waals surface area (Å²) in [5.41, 5.74) is 22.0. The van der Waals surface area contributed by atoms with E-state index < -0.39 is 10.8 Å². The molecule has 8 aromatic carbocycles. The average molecular weight is 1150 g/mol. The minimum atomic E-state index is -0.515. The Labute approximate surface area is 512 Å². The Morgan fingerprint density at radius 1 is 0.552 bits per heavy atom. The van der Waals surface area contributed by atoms with Gasteiger partial charge in [-0.1, -0.05) is 189 Å². The number of nitrogens with zero attached hydrogens (tertiary/aromatic N) is 2. The van der Waals surface area contributed by atoms with E-state index in [1.165, 1.54) is 87.0 Å². The quantitative estimate of drug-likeness (QED) is 0.120. The van der Waals surface area contributed by atoms with Crippen LogP contribution in [0.5, 0.6) is 0 Å². The van der Waals surface area contributed by atoms with Gasteiger partial charge in [0.2, 0.25) is 0 Å². The van der Waals surface area contributed by atoms with Crippen LogP contribution in [-0.2, 0) is 17.3 Å². The Morgan fingerprint density at radius 3 is 2.03 bits per heavy atom. The number of allylic oxidation sites excluding steroid dienone is 16. The number of hydrogen-bond acceptors (Lipinski definition) is 3. The van der Waals surface area contributed by atoms with Gasteiger partial charge in [0.15, 0.2) is 0 Å². The fourth-order valence-corrected chi connectivity index (χ4v) is 17.2. The first kappa shape index (κ1) is 53.1. The zero-order chi connectivity index (χ0) is 58.4. The third-order valence-corrected chi connectivity index (χ3v) is 21.1. The molecule has 1 heterocycles. The third kappa shape index (κ3) is 8.45. The molecular weight excluding hydrogens is 1080 g/mol. The van der Waals surface area contributed by atoms with Crippen molar-refractivity contribution in [1.82, 2.24) is 0 Å². The van der Waals surface area contributed by atoms with E-state index in [1.807, 2.05) is 41.7 Å². The highest BCUT2D eigenvalue weighted by atomic mass is 32.1. The zero-order valence-electron chi connectivity index (χ0n) is 48.5. The minimum absolute atomic E-state index is 0.0489. The van der Waals surface area contributed by atoms with Crippen LogP contribution >= 0.6 is 11.3 Å². The molecule has 5 atom stereocenters. The standard InChI is InChI=1S/C82H64F2N2S/c1-3-53-23-28-59(29-24-53)81(57-15-7-5-8-16-57)75-21-13-11-19-69(75)71-44-41-67(51-77(71)81)85(63-37-32-61(83)33-38-63)65-36-27-55-49-80-73(48-56(55)47-65)74-50-66(43-46-79(74)87-80)86(64-39-34-62(84)35-40-64)68-42-45-72-70-20-12-14-22-76(70)82(78(72)52-68,58-17-9-6-10-18-58)60-30-25-54(4-2)26-31-60/h3-9,11-12,14-17,19-20,22-32,34-37,39-46,48-52,65,70,76H,1-2,10,13,18,21,33,38,47H2. The SMILES string of the molecule is C=Cc1ccc(C2(c3ccccc3)C3=C(C=CCC3)c3ccc(N(C4=CC=C(F)CC4)C4C=Cc5cc6sc7ccc(N(c8ccc(F)cc8)c8ccc9c(c8)C(C8=CC=CCC8)(c8ccc(C=C)cc8)C8C=CC=CC98)cc7c6cc5C4)cc32)cc1. The van der Waals surface area contributed by atoms with Gasteiger partial charge in [-0.3, -0.25) is 0 Å². The molecule has 2 nitrogen and oxygen atoms in total. The lowest BCUT2D eigenvalue weighted by Gasteiger charge is -2.41. The van der Waals surface area contributed by atoms with Crippen LogP contribution in [0.4, 0.5) is 31.5 Å². The van der Waals surface area contributed by atoms with E-state index in [0.717, 1.165) is 71.7 Å². The molecule has 0 N–H and O–H groups in total. The molecule has 0 amide bonds. The Balaban J connectivity index is 0.815. The lowest BCUT2D eigenvalue weighted by Crippen LogP contribution is -2.37. The molecule has 87 heavy (non-hydrogen) atoms. The highest BCUT2D eigenvalue weighted by molar-refractivity contribution is 7.25. The number of thiophene rings is 1. The molecule has 9 aromatic rings. The first-order valence-corrected chi connectivity index (χ1v) is 31.6. The van der Waals surface area contributed by atoms with Crippen LogP contribution in [0.25, 0.3) is 44.0 Å². The van der Waals surface area contributed by atoms with Gasteiger partial charge in [0.05, 0.1) is 11.5 Å². The molecule has 0 bridgehead atoms. The number of anilines is 4. The molecule has 7 aliphatic rings. The summed E-state index contributed by atoms with van der Waals surface area (Å²) in [5, 5.41) is 2.40. The van der Waals surface area contributed by atoms with Crippen molar-refractivity contribution in [2.45, 2.75) is 67.7 Å². The molecule has 422 valence electrons. The second-order valence-electron chi connectivity index (χ2n) is 24.3. The molecule has 16 rings (SSSR count). The van der Waals surface area contributed by atoms with Gasteiger partial charge in [0.1, 0.15) is 11.6 Å². The van der Waals surface area contributed by atoms with Gasteiger partial charge in [0, 0.05) is 72.3 Å². The number of rotatable bonds is 12. The first-order chi connectivity index (χ1) is 42.8. The molecular formula is C82H64F2N2S. The molecule has 0 saturated carbocycles. The summed E-state index contributed by atoms with van der Waals surface area (Å²) in [6.07, 6.45) is 38.7. The molecule has 0 aliphatic heterocycles. The fourth-order valence-electron chi connectivity index (χ4n) is 16.1. The van der Waals surface area contributed by atoms with E-state index in [9.17, 15) is 0 Å². The molecule has 5 heteroatoms. The zero-order valence-corrected chi connectivity index (χ0v) is 49.3. The lowest BCUT2D eigenvalue weighted by molar-refractivity contribution is 0.436. The van der Waals surface area contributed by atoms with Crippen molar-refractivity contribution in [3.63, 3.8) is 0 Å². The predicted molar refractivity (Wildman–Crippen MR) is 362 cm³/mol. The maximum absolute atomic E-state index is 15.1. The monoisotopic (exact) mass is 1150 g/mol. The summed E-state index contributed by atoms with van der Waals surface area (Å²) < 4.78 is 32.6. The predicted octanol–water partition coefficient (Wildman–Crippen LogP) is 21.8. The molecule has 1 aromatic heterocycles. The van der Waals surface area contributed by atoms with Gasteiger partial charge in [-0.25, -0.2) is 8.78 Å². The second-order valence-corrected chi connectivity index (χ2v) is 25.4. The van der Waals surface area contributed by atoms with Gasteiger partial charge < -0.3 is 9.80 Å². The number of hydrogen-bond donors (Lipinski definition) is 0. The average Bonchev–Trinajstić information content (AvgIpc) is 1.59. The summed E-state index contributed by atoms with van der Waals surface area (Å²) in [4.78, 5) is 4.83. The maximum atomic E-state index is 15.1. The smallest absolute Gasteiger partial charge is 0.123 e. The second kappa shape index (κ2) is 21.2. The van der Waals surface area contributed by atoms with Crippen LogP contribution < -0.4 is 9.80 Å². The molecule has 0 spiro atoms. The third-order valence-electron chi connectivity index (χ3n) is 19.9. The van der Waals surface area contributed by atoms with Crippen LogP contribution in [0.1, 0.15) is 106 Å². The van der Waals surface area contributed by atoms with E-state index in [-0.39, 0.29) is 29.5 Å². The van der Waals surface area contributed by atoms with Crippen LogP contribution in [0.3, 0.4) is 0 Å². The van der Waals surface area contributed by atoms with Gasteiger partial charge in [-0.2, -0.15) is 0 Å². The Hall–Kier alpha value is -9.42. The van der Waals surface area contributed by atoms with Crippen molar-refractivity contribution in [3.05, 3.63) is 346 Å². The molecule has 7 aliphatic carbocycles. The van der Waals surface area contributed by atoms with Crippen LogP contribution in [-0.4, -0.2) is 6.04 Å². The lowest BCUT2D eigenvalue weighted by atomic mass is 9.61. The van der Waals surface area contributed by atoms with Crippen LogP contribution in [0.15, 0.2) is 279 Å². The Bertz CT molecular complexity index is 4620. The van der Waals surface area contributed by atoms with Crippen molar-refractivity contribution < 1.29 is 8.78 Å². The summed E-state index contributed by atoms with van der Waals surface area (Å²) in [5.74, 6) is 0.0198. The van der Waals surface area contributed by atoms with Crippen LogP contribution in [0.2, 0.25) is 0 Å². The highest BCUT2D eigenvalue weighted by Gasteiger charge is 2.54. The summed E-state index contributed by atoms with van der Waals surface area (Å²) in [7, 11) is 0. The van der Waals surface area contributed by atoms with E-state index >= 15 is 8.78 Å². The van der Waals surface area contributed by atoms with Crippen molar-refractivity contribution in [2.75, 3.05) is 9.80 Å². The maximum Gasteiger partial charge on any atom is 0.123 e. The topological polar surface area (TPSA) is 6.48 Å². The fraction of sp³-hybridized carbons (Fsp3) is 0.146. The van der Waals surface area contributed by atoms with E-state index in [1.54, 1.807) is 18.2 Å². The minimum Gasteiger partial charge on any atom is -0.338 e. The van der Waals surface area contributed by atoms with Gasteiger partial charge >= 0.3 is 0 Å². The van der Waals surface area contributed by atoms with Gasteiger partial charge in [-0.05, 0) is 202 Å². The van der Waals surface area contributed by atoms with E-state index in [2.05, 4.69) is 235 Å². The summed E-state index contributed by atoms with van der Waals surface area (Å²) in [6, 6.07) is 62.0. The first-order valence-electron chi connectivity index (χ1n) is 30.8. The van der Waals surface area contributed by atoms with E-state index in [0.29, 0.717) is 12.8 Å². The normalized spacial score (nSPS) is 22.0. The highest BCUT2D eigenvalue weighted by Crippen LogP contribution is 2.62. The van der Waals surface area contributed by atoms with E-state index in [4.69, 9.17) is 0 Å². The Morgan fingerprint density at radius 2 is 1.26 bits per heavy atom. The van der Waals surface area contributed by atoms with Crippen molar-refractivity contribution in [1.29, 1.82) is 0 Å². The van der Waals surface area contributed by atoms with Crippen LogP contribution in [0, 0.1) is 11.7 Å². The summed E-state index contributed by atoms with van der Waals surface area (Å²) in [6.45, 7) is 8.19. The van der Waals surface area contributed by atoms with Crippen molar-refractivity contribution in [2.24, 2.45) is 5.92 Å². The largest absolute Gasteiger partial charge is 0.338 e. The summed E-state index contributed by atoms with van der Waals surface area (Å²) >= 11 is 1.83. The van der Waals surface area contributed by atoms with Crippen molar-refractivity contribution in [3.8, 4) is 0 Å². The number of benzene rings is 8. The Kier molecular flexibility index (Phi) is 12.9.